The van der Waals surface area contributed by atoms with Crippen LogP contribution in [0.25, 0.3) is 0 Å². The molecule has 2 rings (SSSR count). The van der Waals surface area contributed by atoms with Gasteiger partial charge in [0.1, 0.15) is 0 Å². The van der Waals surface area contributed by atoms with E-state index in [0.29, 0.717) is 5.69 Å². The van der Waals surface area contributed by atoms with E-state index in [4.69, 9.17) is 0 Å². The van der Waals surface area contributed by atoms with Crippen molar-refractivity contribution in [3.05, 3.63) is 11.9 Å². The Hall–Kier alpha value is -1.39. The van der Waals surface area contributed by atoms with E-state index in [1.54, 1.807) is 0 Å². The maximum Gasteiger partial charge on any atom is 0.276 e. The molecule has 0 bridgehead atoms. The first-order valence-corrected chi connectivity index (χ1v) is 4.92. The molecular formula is C9H14N4O. The van der Waals surface area contributed by atoms with Crippen LogP contribution in [0, 0.1) is 5.92 Å². The minimum Gasteiger partial charge on any atom is -0.337 e. The summed E-state index contributed by atoms with van der Waals surface area (Å²) in [4.78, 5) is 13.6. The SMILES string of the molecule is CC1CCN(C(=O)c2cn[nH]n2)CC1. The second-order valence-corrected chi connectivity index (χ2v) is 3.83. The van der Waals surface area contributed by atoms with E-state index in [-0.39, 0.29) is 5.91 Å². The maximum absolute atomic E-state index is 11.8. The van der Waals surface area contributed by atoms with Crippen molar-refractivity contribution in [3.63, 3.8) is 0 Å². The monoisotopic (exact) mass is 194 g/mol. The van der Waals surface area contributed by atoms with Gasteiger partial charge in [0.05, 0.1) is 6.20 Å². The van der Waals surface area contributed by atoms with Gasteiger partial charge in [-0.25, -0.2) is 0 Å². The summed E-state index contributed by atoms with van der Waals surface area (Å²) in [6, 6.07) is 0. The normalized spacial score (nSPS) is 18.5. The number of likely N-dealkylation sites (tertiary alicyclic amines) is 1. The molecule has 0 atom stereocenters. The lowest BCUT2D eigenvalue weighted by atomic mass is 9.99. The fourth-order valence-corrected chi connectivity index (χ4v) is 1.68. The Morgan fingerprint density at radius 1 is 1.57 bits per heavy atom. The number of carbonyl (C=O) groups excluding carboxylic acids is 1. The molecule has 1 aliphatic heterocycles. The number of carbonyl (C=O) groups is 1. The summed E-state index contributed by atoms with van der Waals surface area (Å²) < 4.78 is 0. The van der Waals surface area contributed by atoms with Gasteiger partial charge in [0.2, 0.25) is 0 Å². The first-order valence-electron chi connectivity index (χ1n) is 4.92. The molecule has 1 aliphatic rings. The summed E-state index contributed by atoms with van der Waals surface area (Å²) in [6.45, 7) is 3.90. The number of nitrogens with zero attached hydrogens (tertiary/aromatic N) is 3. The van der Waals surface area contributed by atoms with Crippen molar-refractivity contribution in [1.82, 2.24) is 20.3 Å². The molecule has 76 valence electrons. The number of hydrogen-bond acceptors (Lipinski definition) is 3. The van der Waals surface area contributed by atoms with Crippen LogP contribution in [0.15, 0.2) is 6.20 Å². The first kappa shape index (κ1) is 9.18. The third-order valence-corrected chi connectivity index (χ3v) is 2.70. The number of H-pyrrole nitrogens is 1. The highest BCUT2D eigenvalue weighted by Gasteiger charge is 2.22. The standard InChI is InChI=1S/C9H14N4O/c1-7-2-4-13(5-3-7)9(14)8-6-10-12-11-8/h6-7H,2-5H2,1H3,(H,10,11,12). The van der Waals surface area contributed by atoms with E-state index < -0.39 is 0 Å². The van der Waals surface area contributed by atoms with E-state index in [1.165, 1.54) is 6.20 Å². The van der Waals surface area contributed by atoms with Gasteiger partial charge in [-0.05, 0) is 18.8 Å². The largest absolute Gasteiger partial charge is 0.337 e. The number of aromatic nitrogens is 3. The van der Waals surface area contributed by atoms with E-state index in [0.717, 1.165) is 31.8 Å². The van der Waals surface area contributed by atoms with Gasteiger partial charge in [0.15, 0.2) is 5.69 Å². The molecule has 1 amide bonds. The minimum absolute atomic E-state index is 0.00866. The predicted molar refractivity (Wildman–Crippen MR) is 50.7 cm³/mol. The van der Waals surface area contributed by atoms with Crippen molar-refractivity contribution < 1.29 is 4.79 Å². The Labute approximate surface area is 82.5 Å². The number of nitrogens with one attached hydrogen (secondary N) is 1. The molecule has 14 heavy (non-hydrogen) atoms. The summed E-state index contributed by atoms with van der Waals surface area (Å²) in [5.74, 6) is 0.724. The van der Waals surface area contributed by atoms with Crippen molar-refractivity contribution in [2.45, 2.75) is 19.8 Å². The Kier molecular flexibility index (Phi) is 2.47. The lowest BCUT2D eigenvalue weighted by molar-refractivity contribution is 0.0691. The van der Waals surface area contributed by atoms with Crippen LogP contribution in [-0.4, -0.2) is 39.3 Å². The smallest absolute Gasteiger partial charge is 0.276 e. The van der Waals surface area contributed by atoms with E-state index in [1.807, 2.05) is 4.90 Å². The van der Waals surface area contributed by atoms with Gasteiger partial charge in [0.25, 0.3) is 5.91 Å². The second kappa shape index (κ2) is 3.77. The van der Waals surface area contributed by atoms with Gasteiger partial charge >= 0.3 is 0 Å². The summed E-state index contributed by atoms with van der Waals surface area (Å²) in [5, 5.41) is 9.86. The van der Waals surface area contributed by atoms with E-state index in [2.05, 4.69) is 22.3 Å². The zero-order valence-corrected chi connectivity index (χ0v) is 8.23. The highest BCUT2D eigenvalue weighted by Crippen LogP contribution is 2.17. The third-order valence-electron chi connectivity index (χ3n) is 2.70. The van der Waals surface area contributed by atoms with Crippen molar-refractivity contribution in [2.75, 3.05) is 13.1 Å². The van der Waals surface area contributed by atoms with Crippen LogP contribution in [0.3, 0.4) is 0 Å². The number of rotatable bonds is 1. The molecule has 0 unspecified atom stereocenters. The van der Waals surface area contributed by atoms with Crippen LogP contribution in [0.1, 0.15) is 30.3 Å². The molecule has 0 aliphatic carbocycles. The Bertz CT molecular complexity index is 301. The lowest BCUT2D eigenvalue weighted by Crippen LogP contribution is -2.38. The molecule has 1 aromatic rings. The summed E-state index contributed by atoms with van der Waals surface area (Å²) in [6.07, 6.45) is 3.65. The quantitative estimate of drug-likeness (QED) is 0.715. The minimum atomic E-state index is -0.00866. The molecule has 0 aromatic carbocycles. The molecule has 0 saturated carbocycles. The Balaban J connectivity index is 1.99. The second-order valence-electron chi connectivity index (χ2n) is 3.83. The molecule has 1 fully saturated rings. The molecule has 1 N–H and O–H groups in total. The van der Waals surface area contributed by atoms with Gasteiger partial charge in [-0.3, -0.25) is 4.79 Å². The van der Waals surface area contributed by atoms with Crippen LogP contribution in [-0.2, 0) is 0 Å². The zero-order valence-electron chi connectivity index (χ0n) is 8.23. The molecular weight excluding hydrogens is 180 g/mol. The van der Waals surface area contributed by atoms with Crippen LogP contribution >= 0.6 is 0 Å². The molecule has 0 radical (unpaired) electrons. The van der Waals surface area contributed by atoms with Crippen molar-refractivity contribution in [2.24, 2.45) is 5.92 Å². The average Bonchev–Trinajstić information content (AvgIpc) is 2.71. The Morgan fingerprint density at radius 2 is 2.29 bits per heavy atom. The van der Waals surface area contributed by atoms with Crippen molar-refractivity contribution in [1.29, 1.82) is 0 Å². The fourth-order valence-electron chi connectivity index (χ4n) is 1.68. The third kappa shape index (κ3) is 1.76. The summed E-state index contributed by atoms with van der Waals surface area (Å²) in [5.41, 5.74) is 0.416. The average molecular weight is 194 g/mol. The predicted octanol–water partition coefficient (Wildman–Crippen LogP) is 0.677. The van der Waals surface area contributed by atoms with Crippen LogP contribution in [0.5, 0.6) is 0 Å². The summed E-state index contributed by atoms with van der Waals surface area (Å²) >= 11 is 0. The molecule has 5 heteroatoms. The van der Waals surface area contributed by atoms with Crippen LogP contribution < -0.4 is 0 Å². The van der Waals surface area contributed by atoms with Crippen molar-refractivity contribution in [3.8, 4) is 0 Å². The Morgan fingerprint density at radius 3 is 2.86 bits per heavy atom. The number of hydrogen-bond donors (Lipinski definition) is 1. The first-order chi connectivity index (χ1) is 6.77. The van der Waals surface area contributed by atoms with E-state index in [9.17, 15) is 4.79 Å². The van der Waals surface area contributed by atoms with Crippen LogP contribution in [0.2, 0.25) is 0 Å². The molecule has 0 spiro atoms. The number of aromatic amines is 1. The number of piperidine rings is 1. The number of amides is 1. The highest BCUT2D eigenvalue weighted by atomic mass is 16.2. The fraction of sp³-hybridized carbons (Fsp3) is 0.667. The van der Waals surface area contributed by atoms with Gasteiger partial charge in [0, 0.05) is 13.1 Å². The topological polar surface area (TPSA) is 61.9 Å². The molecule has 1 aromatic heterocycles. The summed E-state index contributed by atoms with van der Waals surface area (Å²) in [7, 11) is 0. The molecule has 2 heterocycles. The van der Waals surface area contributed by atoms with Gasteiger partial charge in [-0.15, -0.1) is 0 Å². The van der Waals surface area contributed by atoms with Crippen LogP contribution in [0.4, 0.5) is 0 Å². The van der Waals surface area contributed by atoms with Crippen molar-refractivity contribution >= 4 is 5.91 Å². The zero-order chi connectivity index (χ0) is 9.97. The highest BCUT2D eigenvalue weighted by molar-refractivity contribution is 5.91. The van der Waals surface area contributed by atoms with Gasteiger partial charge < -0.3 is 4.90 Å². The van der Waals surface area contributed by atoms with E-state index >= 15 is 0 Å². The van der Waals surface area contributed by atoms with Gasteiger partial charge in [-0.2, -0.15) is 15.4 Å². The lowest BCUT2D eigenvalue weighted by Gasteiger charge is -2.29. The maximum atomic E-state index is 11.8. The van der Waals surface area contributed by atoms with Gasteiger partial charge in [-0.1, -0.05) is 6.92 Å². The molecule has 5 nitrogen and oxygen atoms in total. The molecule has 1 saturated heterocycles.